The van der Waals surface area contributed by atoms with E-state index in [4.69, 9.17) is 4.74 Å². The Hall–Kier alpha value is -2.18. The van der Waals surface area contributed by atoms with Crippen LogP contribution < -0.4 is 5.32 Å². The number of aryl methyl sites for hydroxylation is 2. The monoisotopic (exact) mass is 426 g/mol. The maximum Gasteiger partial charge on any atom is 0.341 e. The molecule has 0 atom stereocenters. The van der Waals surface area contributed by atoms with Gasteiger partial charge in [0.15, 0.2) is 0 Å². The standard InChI is InChI=1S/C24H30N2O3S/c1-16-7-9-17(10-8-16)15-26-13-11-18(12-14-26)22(27)25-23-21(24(28)29-2)19-5-3-4-6-20(19)30-23/h7-10,18H,3-6,11-15H2,1-2H3,(H,25,27). The van der Waals surface area contributed by atoms with E-state index in [9.17, 15) is 9.59 Å². The number of piperidine rings is 1. The van der Waals surface area contributed by atoms with Gasteiger partial charge in [-0.25, -0.2) is 4.79 Å². The third-order valence-electron chi connectivity index (χ3n) is 6.28. The number of ether oxygens (including phenoxy) is 1. The molecule has 5 nitrogen and oxygen atoms in total. The molecule has 1 aromatic heterocycles. The lowest BCUT2D eigenvalue weighted by molar-refractivity contribution is -0.121. The fourth-order valence-electron chi connectivity index (χ4n) is 4.49. The van der Waals surface area contributed by atoms with Crippen molar-refractivity contribution >= 4 is 28.2 Å². The van der Waals surface area contributed by atoms with Crippen LogP contribution in [-0.2, 0) is 28.9 Å². The number of esters is 1. The molecular weight excluding hydrogens is 396 g/mol. The van der Waals surface area contributed by atoms with Gasteiger partial charge in [0.05, 0.1) is 12.7 Å². The number of carbonyl (C=O) groups excluding carboxylic acids is 2. The number of likely N-dealkylation sites (tertiary alicyclic amines) is 1. The normalized spacial score (nSPS) is 17.4. The zero-order chi connectivity index (χ0) is 21.1. The molecule has 1 fully saturated rings. The summed E-state index contributed by atoms with van der Waals surface area (Å²) in [5.74, 6) is -0.310. The summed E-state index contributed by atoms with van der Waals surface area (Å²) in [5, 5.41) is 3.77. The van der Waals surface area contributed by atoms with Crippen LogP contribution in [0, 0.1) is 12.8 Å². The van der Waals surface area contributed by atoms with Crippen LogP contribution in [0.5, 0.6) is 0 Å². The van der Waals surface area contributed by atoms with E-state index in [2.05, 4.69) is 41.4 Å². The molecule has 1 aromatic carbocycles. The first-order valence-corrected chi connectivity index (χ1v) is 11.7. The van der Waals surface area contributed by atoms with Gasteiger partial charge in [-0.3, -0.25) is 9.69 Å². The number of methoxy groups -OCH3 is 1. The quantitative estimate of drug-likeness (QED) is 0.712. The second kappa shape index (κ2) is 9.31. The summed E-state index contributed by atoms with van der Waals surface area (Å²) in [5.41, 5.74) is 4.26. The van der Waals surface area contributed by atoms with E-state index in [1.165, 1.54) is 23.1 Å². The Morgan fingerprint density at radius 3 is 2.53 bits per heavy atom. The minimum atomic E-state index is -0.336. The molecule has 2 aromatic rings. The van der Waals surface area contributed by atoms with Crippen molar-refractivity contribution < 1.29 is 14.3 Å². The predicted octanol–water partition coefficient (Wildman–Crippen LogP) is 4.57. The maximum absolute atomic E-state index is 13.0. The Morgan fingerprint density at radius 2 is 1.83 bits per heavy atom. The number of thiophene rings is 1. The minimum Gasteiger partial charge on any atom is -0.465 e. The predicted molar refractivity (Wildman–Crippen MR) is 120 cm³/mol. The van der Waals surface area contributed by atoms with Crippen LogP contribution in [0.4, 0.5) is 5.00 Å². The molecule has 1 amide bonds. The topological polar surface area (TPSA) is 58.6 Å². The molecule has 6 heteroatoms. The number of rotatable bonds is 5. The molecule has 2 heterocycles. The molecule has 0 saturated carbocycles. The van der Waals surface area contributed by atoms with E-state index < -0.39 is 0 Å². The number of hydrogen-bond acceptors (Lipinski definition) is 5. The lowest BCUT2D eigenvalue weighted by Crippen LogP contribution is -2.37. The summed E-state index contributed by atoms with van der Waals surface area (Å²) in [6, 6.07) is 8.66. The zero-order valence-corrected chi connectivity index (χ0v) is 18.6. The highest BCUT2D eigenvalue weighted by Crippen LogP contribution is 2.39. The Balaban J connectivity index is 1.38. The molecule has 2 aliphatic rings. The first-order chi connectivity index (χ1) is 14.5. The molecule has 1 N–H and O–H groups in total. The molecule has 1 aliphatic carbocycles. The molecule has 4 rings (SSSR count). The van der Waals surface area contributed by atoms with Gasteiger partial charge in [0.25, 0.3) is 0 Å². The largest absolute Gasteiger partial charge is 0.465 e. The second-order valence-electron chi connectivity index (χ2n) is 8.43. The van der Waals surface area contributed by atoms with Crippen LogP contribution in [0.25, 0.3) is 0 Å². The number of nitrogens with one attached hydrogen (secondary N) is 1. The summed E-state index contributed by atoms with van der Waals surface area (Å²) in [6.45, 7) is 4.86. The van der Waals surface area contributed by atoms with E-state index in [-0.39, 0.29) is 17.8 Å². The summed E-state index contributed by atoms with van der Waals surface area (Å²) in [7, 11) is 1.41. The molecular formula is C24H30N2O3S. The smallest absolute Gasteiger partial charge is 0.341 e. The van der Waals surface area contributed by atoms with Crippen LogP contribution in [-0.4, -0.2) is 37.0 Å². The zero-order valence-electron chi connectivity index (χ0n) is 17.8. The summed E-state index contributed by atoms with van der Waals surface area (Å²) < 4.78 is 5.02. The van der Waals surface area contributed by atoms with Gasteiger partial charge < -0.3 is 10.1 Å². The first kappa shape index (κ1) is 21.1. The molecule has 0 radical (unpaired) electrons. The number of nitrogens with zero attached hydrogens (tertiary/aromatic N) is 1. The van der Waals surface area contributed by atoms with Crippen LogP contribution in [0.3, 0.4) is 0 Å². The molecule has 1 aliphatic heterocycles. The summed E-state index contributed by atoms with van der Waals surface area (Å²) in [4.78, 5) is 29.0. The van der Waals surface area contributed by atoms with Crippen molar-refractivity contribution in [2.24, 2.45) is 5.92 Å². The van der Waals surface area contributed by atoms with Gasteiger partial charge in [-0.1, -0.05) is 29.8 Å². The average molecular weight is 427 g/mol. The van der Waals surface area contributed by atoms with Gasteiger partial charge >= 0.3 is 5.97 Å². The van der Waals surface area contributed by atoms with Gasteiger partial charge in [0.1, 0.15) is 5.00 Å². The summed E-state index contributed by atoms with van der Waals surface area (Å²) >= 11 is 1.56. The Morgan fingerprint density at radius 1 is 1.13 bits per heavy atom. The van der Waals surface area contributed by atoms with Crippen molar-refractivity contribution in [2.75, 3.05) is 25.5 Å². The van der Waals surface area contributed by atoms with Gasteiger partial charge in [0.2, 0.25) is 5.91 Å². The molecule has 1 saturated heterocycles. The van der Waals surface area contributed by atoms with Gasteiger partial charge in [0, 0.05) is 17.3 Å². The molecule has 0 spiro atoms. The van der Waals surface area contributed by atoms with Crippen molar-refractivity contribution in [3.63, 3.8) is 0 Å². The third kappa shape index (κ3) is 4.60. The molecule has 160 valence electrons. The van der Waals surface area contributed by atoms with E-state index >= 15 is 0 Å². The lowest BCUT2D eigenvalue weighted by atomic mass is 9.94. The van der Waals surface area contributed by atoms with Crippen molar-refractivity contribution in [1.82, 2.24) is 4.90 Å². The van der Waals surface area contributed by atoms with Crippen molar-refractivity contribution in [1.29, 1.82) is 0 Å². The van der Waals surface area contributed by atoms with E-state index in [1.807, 2.05) is 0 Å². The second-order valence-corrected chi connectivity index (χ2v) is 9.54. The number of benzene rings is 1. The van der Waals surface area contributed by atoms with E-state index in [0.29, 0.717) is 10.6 Å². The van der Waals surface area contributed by atoms with Crippen molar-refractivity contribution in [3.8, 4) is 0 Å². The third-order valence-corrected chi connectivity index (χ3v) is 7.49. The molecule has 30 heavy (non-hydrogen) atoms. The molecule has 0 unspecified atom stereocenters. The SMILES string of the molecule is COC(=O)c1c(NC(=O)C2CCN(Cc3ccc(C)cc3)CC2)sc2c1CCCC2. The highest BCUT2D eigenvalue weighted by molar-refractivity contribution is 7.17. The molecule has 0 bridgehead atoms. The number of hydrogen-bond donors (Lipinski definition) is 1. The van der Waals surface area contributed by atoms with Crippen LogP contribution in [0.2, 0.25) is 0 Å². The maximum atomic E-state index is 13.0. The average Bonchev–Trinajstić information content (AvgIpc) is 3.13. The van der Waals surface area contributed by atoms with Crippen molar-refractivity contribution in [2.45, 2.75) is 52.0 Å². The Bertz CT molecular complexity index is 911. The number of carbonyl (C=O) groups is 2. The Labute approximate surface area is 182 Å². The number of anilines is 1. The Kier molecular flexibility index (Phi) is 6.54. The lowest BCUT2D eigenvalue weighted by Gasteiger charge is -2.31. The fourth-order valence-corrected chi connectivity index (χ4v) is 5.77. The minimum absolute atomic E-state index is 0.0103. The highest BCUT2D eigenvalue weighted by atomic mass is 32.1. The summed E-state index contributed by atoms with van der Waals surface area (Å²) in [6.07, 6.45) is 5.79. The van der Waals surface area contributed by atoms with E-state index in [1.54, 1.807) is 11.3 Å². The first-order valence-electron chi connectivity index (χ1n) is 10.9. The van der Waals surface area contributed by atoms with Gasteiger partial charge in [-0.15, -0.1) is 11.3 Å². The number of fused-ring (bicyclic) bond motifs is 1. The van der Waals surface area contributed by atoms with Crippen LogP contribution >= 0.6 is 11.3 Å². The highest BCUT2D eigenvalue weighted by Gasteiger charge is 2.30. The van der Waals surface area contributed by atoms with Gasteiger partial charge in [-0.05, 0) is 69.7 Å². The van der Waals surface area contributed by atoms with Gasteiger partial charge in [-0.2, -0.15) is 0 Å². The number of amides is 1. The fraction of sp³-hybridized carbons (Fsp3) is 0.500. The van der Waals surface area contributed by atoms with Crippen molar-refractivity contribution in [3.05, 3.63) is 51.4 Å². The van der Waals surface area contributed by atoms with Crippen LogP contribution in [0.1, 0.15) is 57.6 Å². The van der Waals surface area contributed by atoms with Crippen LogP contribution in [0.15, 0.2) is 24.3 Å². The van der Waals surface area contributed by atoms with E-state index in [0.717, 1.165) is 63.7 Å².